The largest absolute Gasteiger partial charge is 0.454 e. The molecule has 1 aliphatic carbocycles. The molecule has 0 radical (unpaired) electrons. The number of para-hydroxylation sites is 1. The maximum atomic E-state index is 12.4. The zero-order chi connectivity index (χ0) is 17.9. The van der Waals surface area contributed by atoms with Gasteiger partial charge in [0.05, 0.1) is 6.42 Å². The average molecular weight is 351 g/mol. The Labute approximate surface area is 154 Å². The molecule has 136 valence electrons. The molecule has 1 saturated carbocycles. The molecule has 26 heavy (non-hydrogen) atoms. The number of hydrogen-bond acceptors (Lipinski definition) is 3. The predicted octanol–water partition coefficient (Wildman–Crippen LogP) is 4.87. The second-order valence-electron chi connectivity index (χ2n) is 7.29. The number of hydrogen-bond donors (Lipinski definition) is 0. The fraction of sp³-hybridized carbons (Fsp3) is 0.409. The summed E-state index contributed by atoms with van der Waals surface area (Å²) in [4.78, 5) is 14.0. The highest BCUT2D eigenvalue weighted by Gasteiger charge is 2.31. The number of rotatable bonds is 4. The van der Waals surface area contributed by atoms with E-state index in [1.807, 2.05) is 30.3 Å². The zero-order valence-electron chi connectivity index (χ0n) is 15.2. The molecule has 1 amide bonds. The van der Waals surface area contributed by atoms with Gasteiger partial charge in [0.1, 0.15) is 5.75 Å². The van der Waals surface area contributed by atoms with Gasteiger partial charge in [0.15, 0.2) is 0 Å². The Morgan fingerprint density at radius 2 is 1.88 bits per heavy atom. The molecule has 1 atom stereocenters. The van der Waals surface area contributed by atoms with E-state index in [2.05, 4.69) is 18.2 Å². The van der Waals surface area contributed by atoms with Gasteiger partial charge in [0.2, 0.25) is 6.29 Å². The quantitative estimate of drug-likeness (QED) is 0.788. The average Bonchev–Trinajstić information content (AvgIpc) is 3.31. The third kappa shape index (κ3) is 3.55. The van der Waals surface area contributed by atoms with E-state index in [4.69, 9.17) is 9.47 Å². The summed E-state index contributed by atoms with van der Waals surface area (Å²) in [6.07, 6.45) is 4.77. The van der Waals surface area contributed by atoms with Crippen LogP contribution < -0.4 is 4.74 Å². The van der Waals surface area contributed by atoms with E-state index in [0.29, 0.717) is 18.9 Å². The number of carbonyl (C=O) groups is 1. The Kier molecular flexibility index (Phi) is 4.83. The molecule has 0 N–H and O–H groups in total. The number of ether oxygens (including phenoxy) is 2. The Balaban J connectivity index is 1.39. The van der Waals surface area contributed by atoms with Crippen LogP contribution in [-0.2, 0) is 17.7 Å². The number of nitrogens with zero attached hydrogens (tertiary/aromatic N) is 1. The van der Waals surface area contributed by atoms with Crippen LogP contribution in [0.3, 0.4) is 0 Å². The van der Waals surface area contributed by atoms with Crippen molar-refractivity contribution < 1.29 is 14.3 Å². The van der Waals surface area contributed by atoms with Gasteiger partial charge in [-0.15, -0.1) is 0 Å². The maximum absolute atomic E-state index is 12.4. The van der Waals surface area contributed by atoms with Crippen molar-refractivity contribution in [1.82, 2.24) is 4.90 Å². The van der Waals surface area contributed by atoms with E-state index in [1.54, 1.807) is 11.9 Å². The van der Waals surface area contributed by atoms with E-state index >= 15 is 0 Å². The van der Waals surface area contributed by atoms with Crippen molar-refractivity contribution in [2.45, 2.75) is 50.9 Å². The van der Waals surface area contributed by atoms with Crippen LogP contribution in [0.25, 0.3) is 0 Å². The minimum Gasteiger partial charge on any atom is -0.454 e. The van der Waals surface area contributed by atoms with Gasteiger partial charge in [-0.2, -0.15) is 0 Å². The van der Waals surface area contributed by atoms with Crippen molar-refractivity contribution >= 4 is 6.09 Å². The smallest absolute Gasteiger partial charge is 0.412 e. The second kappa shape index (κ2) is 7.40. The lowest BCUT2D eigenvalue weighted by Crippen LogP contribution is -2.32. The van der Waals surface area contributed by atoms with Gasteiger partial charge in [0, 0.05) is 19.2 Å². The molecular formula is C22H25NO3. The van der Waals surface area contributed by atoms with E-state index < -0.39 is 6.29 Å². The highest BCUT2D eigenvalue weighted by molar-refractivity contribution is 5.67. The molecule has 1 fully saturated rings. The fourth-order valence-electron chi connectivity index (χ4n) is 4.01. The molecule has 4 rings (SSSR count). The summed E-state index contributed by atoms with van der Waals surface area (Å²) in [5.41, 5.74) is 3.51. The first-order chi connectivity index (χ1) is 12.7. The van der Waals surface area contributed by atoms with E-state index in [-0.39, 0.29) is 6.09 Å². The van der Waals surface area contributed by atoms with Gasteiger partial charge in [-0.05, 0) is 29.9 Å². The van der Waals surface area contributed by atoms with Crippen LogP contribution in [-0.4, -0.2) is 24.3 Å². The third-order valence-corrected chi connectivity index (χ3v) is 5.36. The van der Waals surface area contributed by atoms with Gasteiger partial charge in [0.25, 0.3) is 0 Å². The van der Waals surface area contributed by atoms with Crippen LogP contribution in [0.15, 0.2) is 48.5 Å². The molecule has 2 aliphatic rings. The fourth-order valence-corrected chi connectivity index (χ4v) is 4.01. The molecule has 1 heterocycles. The minimum absolute atomic E-state index is 0.353. The van der Waals surface area contributed by atoms with Gasteiger partial charge in [-0.25, -0.2) is 4.79 Å². The van der Waals surface area contributed by atoms with Crippen LogP contribution in [0.5, 0.6) is 5.75 Å². The monoisotopic (exact) mass is 351 g/mol. The number of fused-ring (bicyclic) bond motifs is 1. The summed E-state index contributed by atoms with van der Waals surface area (Å²) in [6, 6.07) is 16.2. The second-order valence-corrected chi connectivity index (χ2v) is 7.29. The molecule has 1 aliphatic heterocycles. The lowest BCUT2D eigenvalue weighted by molar-refractivity contribution is -0.0308. The van der Waals surface area contributed by atoms with Gasteiger partial charge in [-0.1, -0.05) is 61.4 Å². The lowest BCUT2D eigenvalue weighted by atomic mass is 9.94. The van der Waals surface area contributed by atoms with Crippen molar-refractivity contribution in [3.63, 3.8) is 0 Å². The van der Waals surface area contributed by atoms with Crippen molar-refractivity contribution in [2.75, 3.05) is 7.05 Å². The van der Waals surface area contributed by atoms with E-state index in [0.717, 1.165) is 16.9 Å². The molecule has 0 bridgehead atoms. The van der Waals surface area contributed by atoms with Crippen molar-refractivity contribution in [2.24, 2.45) is 0 Å². The van der Waals surface area contributed by atoms with Crippen LogP contribution in [0.4, 0.5) is 4.79 Å². The molecule has 2 aromatic rings. The summed E-state index contributed by atoms with van der Waals surface area (Å²) in [7, 11) is 1.75. The first-order valence-corrected chi connectivity index (χ1v) is 9.45. The highest BCUT2D eigenvalue weighted by atomic mass is 16.7. The summed E-state index contributed by atoms with van der Waals surface area (Å²) in [5.74, 6) is 1.53. The number of carbonyl (C=O) groups excluding carboxylic acids is 1. The predicted molar refractivity (Wildman–Crippen MR) is 100 cm³/mol. The standard InChI is InChI=1S/C22H25NO3/c1-23(15-16-8-3-2-4-9-16)22(24)26-20-14-18-12-7-13-19(21(18)25-20)17-10-5-6-11-17/h2-4,7-9,12-13,17,20H,5-6,10-11,14-15H2,1H3. The Morgan fingerprint density at radius 3 is 2.65 bits per heavy atom. The molecule has 2 aromatic carbocycles. The summed E-state index contributed by atoms with van der Waals surface area (Å²) in [6.45, 7) is 0.521. The van der Waals surface area contributed by atoms with Crippen molar-refractivity contribution in [3.05, 3.63) is 65.2 Å². The maximum Gasteiger partial charge on any atom is 0.412 e. The first-order valence-electron chi connectivity index (χ1n) is 9.45. The van der Waals surface area contributed by atoms with Gasteiger partial charge < -0.3 is 14.4 Å². The lowest BCUT2D eigenvalue weighted by Gasteiger charge is -2.20. The molecule has 0 saturated heterocycles. The van der Waals surface area contributed by atoms with Crippen LogP contribution >= 0.6 is 0 Å². The normalized spacial score (nSPS) is 19.0. The van der Waals surface area contributed by atoms with Crippen molar-refractivity contribution in [1.29, 1.82) is 0 Å². The Hall–Kier alpha value is -2.49. The highest BCUT2D eigenvalue weighted by Crippen LogP contribution is 2.43. The summed E-state index contributed by atoms with van der Waals surface area (Å²) >= 11 is 0. The number of amides is 1. The van der Waals surface area contributed by atoms with E-state index in [1.165, 1.54) is 31.2 Å². The molecule has 4 nitrogen and oxygen atoms in total. The molecular weight excluding hydrogens is 326 g/mol. The number of benzene rings is 2. The van der Waals surface area contributed by atoms with Crippen LogP contribution in [0.2, 0.25) is 0 Å². The van der Waals surface area contributed by atoms with Crippen LogP contribution in [0, 0.1) is 0 Å². The molecule has 0 aromatic heterocycles. The first kappa shape index (κ1) is 17.0. The van der Waals surface area contributed by atoms with E-state index in [9.17, 15) is 4.79 Å². The Morgan fingerprint density at radius 1 is 1.12 bits per heavy atom. The molecule has 1 unspecified atom stereocenters. The molecule has 0 spiro atoms. The van der Waals surface area contributed by atoms with Crippen LogP contribution in [0.1, 0.15) is 48.3 Å². The summed E-state index contributed by atoms with van der Waals surface area (Å²) in [5, 5.41) is 0. The van der Waals surface area contributed by atoms with Crippen molar-refractivity contribution in [3.8, 4) is 5.75 Å². The molecule has 4 heteroatoms. The topological polar surface area (TPSA) is 38.8 Å². The zero-order valence-corrected chi connectivity index (χ0v) is 15.2. The van der Waals surface area contributed by atoms with Gasteiger partial charge >= 0.3 is 6.09 Å². The summed E-state index contributed by atoms with van der Waals surface area (Å²) < 4.78 is 11.7. The SMILES string of the molecule is CN(Cc1ccccc1)C(=O)OC1Cc2cccc(C3CCCC3)c2O1. The minimum atomic E-state index is -0.529. The third-order valence-electron chi connectivity index (χ3n) is 5.36. The van der Waals surface area contributed by atoms with Gasteiger partial charge in [-0.3, -0.25) is 0 Å². The Bertz CT molecular complexity index is 768.